The molecule has 2 aromatic carbocycles. The molecule has 6 nitrogen and oxygen atoms in total. The summed E-state index contributed by atoms with van der Waals surface area (Å²) in [6.45, 7) is 1.23. The van der Waals surface area contributed by atoms with Gasteiger partial charge in [0, 0.05) is 10.6 Å². The van der Waals surface area contributed by atoms with E-state index in [1.807, 2.05) is 6.92 Å². The van der Waals surface area contributed by atoms with E-state index in [9.17, 15) is 19.5 Å². The molecule has 0 bridgehead atoms. The quantitative estimate of drug-likeness (QED) is 0.479. The Kier molecular flexibility index (Phi) is 5.01. The maximum atomic E-state index is 12.6. The standard InChI is InChI=1S/C20H16ClNO5/c1-11-2-4-12(5-3-11)17-16(18(25)13-6-8-14(21)9-7-13)19(26)20(27)22(17)10-15(23)24/h2-9,17,25H,10H2,1H3,(H,23,24)/b18-16-. The third-order valence-electron chi connectivity index (χ3n) is 4.36. The molecule has 1 aliphatic rings. The number of carbonyl (C=O) groups is 3. The fraction of sp³-hybridized carbons (Fsp3) is 0.150. The number of hydrogen-bond donors (Lipinski definition) is 2. The molecular weight excluding hydrogens is 370 g/mol. The number of Topliss-reactive ketones (excluding diaryl/α,β-unsaturated/α-hetero) is 1. The zero-order valence-corrected chi connectivity index (χ0v) is 15.1. The monoisotopic (exact) mass is 385 g/mol. The number of aliphatic hydroxyl groups is 1. The molecule has 1 saturated heterocycles. The van der Waals surface area contributed by atoms with Gasteiger partial charge in [0.15, 0.2) is 0 Å². The summed E-state index contributed by atoms with van der Waals surface area (Å²) in [5.74, 6) is -3.50. The molecule has 3 rings (SSSR count). The second kappa shape index (κ2) is 7.25. The highest BCUT2D eigenvalue weighted by Crippen LogP contribution is 2.39. The summed E-state index contributed by atoms with van der Waals surface area (Å²) < 4.78 is 0. The first-order chi connectivity index (χ1) is 12.8. The number of nitrogens with zero attached hydrogens (tertiary/aromatic N) is 1. The van der Waals surface area contributed by atoms with Crippen LogP contribution >= 0.6 is 11.6 Å². The molecule has 1 aliphatic heterocycles. The molecule has 1 unspecified atom stereocenters. The summed E-state index contributed by atoms with van der Waals surface area (Å²) in [7, 11) is 0. The van der Waals surface area contributed by atoms with E-state index in [0.29, 0.717) is 16.1 Å². The van der Waals surface area contributed by atoms with Gasteiger partial charge in [0.1, 0.15) is 12.3 Å². The van der Waals surface area contributed by atoms with Gasteiger partial charge < -0.3 is 15.1 Å². The van der Waals surface area contributed by atoms with Crippen molar-refractivity contribution in [2.45, 2.75) is 13.0 Å². The average molecular weight is 386 g/mol. The Morgan fingerprint density at radius 3 is 2.19 bits per heavy atom. The summed E-state index contributed by atoms with van der Waals surface area (Å²) in [4.78, 5) is 37.2. The van der Waals surface area contributed by atoms with Gasteiger partial charge in [-0.3, -0.25) is 14.4 Å². The minimum Gasteiger partial charge on any atom is -0.507 e. The molecule has 1 amide bonds. The van der Waals surface area contributed by atoms with E-state index < -0.39 is 30.2 Å². The van der Waals surface area contributed by atoms with Crippen LogP contribution in [-0.4, -0.2) is 39.3 Å². The summed E-state index contributed by atoms with van der Waals surface area (Å²) in [6.07, 6.45) is 0. The number of aliphatic carboxylic acids is 1. The lowest BCUT2D eigenvalue weighted by Crippen LogP contribution is -2.34. The number of likely N-dealkylation sites (tertiary alicyclic amines) is 1. The van der Waals surface area contributed by atoms with Crippen molar-refractivity contribution in [3.63, 3.8) is 0 Å². The van der Waals surface area contributed by atoms with Crippen LogP contribution in [0.15, 0.2) is 54.1 Å². The topological polar surface area (TPSA) is 94.9 Å². The van der Waals surface area contributed by atoms with Gasteiger partial charge in [-0.15, -0.1) is 0 Å². The highest BCUT2D eigenvalue weighted by Gasteiger charge is 2.46. The van der Waals surface area contributed by atoms with Gasteiger partial charge >= 0.3 is 5.97 Å². The molecule has 0 spiro atoms. The van der Waals surface area contributed by atoms with E-state index in [1.54, 1.807) is 36.4 Å². The SMILES string of the molecule is Cc1ccc(C2/C(=C(/O)c3ccc(Cl)cc3)C(=O)C(=O)N2CC(=O)O)cc1. The summed E-state index contributed by atoms with van der Waals surface area (Å²) >= 11 is 5.86. The minimum absolute atomic E-state index is 0.146. The number of rotatable bonds is 4. The Morgan fingerprint density at radius 1 is 1.04 bits per heavy atom. The molecule has 138 valence electrons. The van der Waals surface area contributed by atoms with Gasteiger partial charge in [-0.05, 0) is 36.8 Å². The van der Waals surface area contributed by atoms with Crippen LogP contribution < -0.4 is 0 Å². The molecule has 0 aliphatic carbocycles. The Hall–Kier alpha value is -3.12. The van der Waals surface area contributed by atoms with E-state index in [-0.39, 0.29) is 11.3 Å². The zero-order valence-electron chi connectivity index (χ0n) is 14.3. The van der Waals surface area contributed by atoms with Crippen LogP contribution in [0.5, 0.6) is 0 Å². The maximum absolute atomic E-state index is 12.6. The number of aliphatic hydroxyl groups excluding tert-OH is 1. The number of carboxylic acid groups (broad SMARTS) is 1. The second-order valence-corrected chi connectivity index (χ2v) is 6.67. The zero-order chi connectivity index (χ0) is 19.7. The molecule has 1 atom stereocenters. The molecule has 7 heteroatoms. The van der Waals surface area contributed by atoms with E-state index in [1.165, 1.54) is 12.1 Å². The third-order valence-corrected chi connectivity index (χ3v) is 4.61. The van der Waals surface area contributed by atoms with Crippen molar-refractivity contribution in [1.82, 2.24) is 4.90 Å². The largest absolute Gasteiger partial charge is 0.507 e. The first kappa shape index (κ1) is 18.7. The van der Waals surface area contributed by atoms with Crippen molar-refractivity contribution >= 4 is 35.0 Å². The number of amides is 1. The molecule has 2 N–H and O–H groups in total. The number of hydrogen-bond acceptors (Lipinski definition) is 4. The summed E-state index contributed by atoms with van der Waals surface area (Å²) in [5, 5.41) is 20.3. The number of aryl methyl sites for hydroxylation is 1. The smallest absolute Gasteiger partial charge is 0.323 e. The lowest BCUT2D eigenvalue weighted by molar-refractivity contribution is -0.146. The van der Waals surface area contributed by atoms with Crippen molar-refractivity contribution in [2.24, 2.45) is 0 Å². The highest BCUT2D eigenvalue weighted by molar-refractivity contribution is 6.46. The Morgan fingerprint density at radius 2 is 1.63 bits per heavy atom. The third kappa shape index (κ3) is 3.57. The van der Waals surface area contributed by atoms with Crippen LogP contribution in [-0.2, 0) is 14.4 Å². The van der Waals surface area contributed by atoms with Crippen LogP contribution in [0.25, 0.3) is 5.76 Å². The van der Waals surface area contributed by atoms with Crippen LogP contribution in [0.3, 0.4) is 0 Å². The van der Waals surface area contributed by atoms with Gasteiger partial charge in [0.25, 0.3) is 11.7 Å². The molecule has 0 aromatic heterocycles. The molecular formula is C20H16ClNO5. The van der Waals surface area contributed by atoms with Gasteiger partial charge in [-0.1, -0.05) is 41.4 Å². The number of ketones is 1. The predicted octanol–water partition coefficient (Wildman–Crippen LogP) is 3.15. The Labute approximate surface area is 160 Å². The van der Waals surface area contributed by atoms with Gasteiger partial charge in [0.2, 0.25) is 0 Å². The molecule has 1 heterocycles. The second-order valence-electron chi connectivity index (χ2n) is 6.24. The maximum Gasteiger partial charge on any atom is 0.323 e. The van der Waals surface area contributed by atoms with Crippen molar-refractivity contribution in [3.8, 4) is 0 Å². The first-order valence-corrected chi connectivity index (χ1v) is 8.50. The fourth-order valence-electron chi connectivity index (χ4n) is 3.05. The van der Waals surface area contributed by atoms with Gasteiger partial charge in [-0.25, -0.2) is 0 Å². The molecule has 2 aromatic rings. The highest BCUT2D eigenvalue weighted by atomic mass is 35.5. The van der Waals surface area contributed by atoms with Crippen LogP contribution in [0.1, 0.15) is 22.7 Å². The van der Waals surface area contributed by atoms with Crippen LogP contribution in [0.4, 0.5) is 0 Å². The van der Waals surface area contributed by atoms with Crippen LogP contribution in [0, 0.1) is 6.92 Å². The van der Waals surface area contributed by atoms with Crippen molar-refractivity contribution in [3.05, 3.63) is 75.8 Å². The average Bonchev–Trinajstić information content (AvgIpc) is 2.87. The number of carbonyl (C=O) groups excluding carboxylic acids is 2. The number of carboxylic acids is 1. The molecule has 0 radical (unpaired) electrons. The normalized spacial score (nSPS) is 18.7. The summed E-state index contributed by atoms with van der Waals surface area (Å²) in [5.41, 5.74) is 1.67. The van der Waals surface area contributed by atoms with Crippen molar-refractivity contribution < 1.29 is 24.6 Å². The van der Waals surface area contributed by atoms with Crippen molar-refractivity contribution in [2.75, 3.05) is 6.54 Å². The Bertz CT molecular complexity index is 947. The van der Waals surface area contributed by atoms with Crippen molar-refractivity contribution in [1.29, 1.82) is 0 Å². The van der Waals surface area contributed by atoms with Gasteiger partial charge in [-0.2, -0.15) is 0 Å². The Balaban J connectivity index is 2.19. The molecule has 27 heavy (non-hydrogen) atoms. The lowest BCUT2D eigenvalue weighted by Gasteiger charge is -2.23. The minimum atomic E-state index is -1.25. The van der Waals surface area contributed by atoms with Crippen LogP contribution in [0.2, 0.25) is 5.02 Å². The lowest BCUT2D eigenvalue weighted by atomic mass is 9.95. The van der Waals surface area contributed by atoms with E-state index in [0.717, 1.165) is 10.5 Å². The molecule has 0 saturated carbocycles. The van der Waals surface area contributed by atoms with Gasteiger partial charge in [0.05, 0.1) is 11.6 Å². The predicted molar refractivity (Wildman–Crippen MR) is 99.3 cm³/mol. The van der Waals surface area contributed by atoms with E-state index in [4.69, 9.17) is 16.7 Å². The number of halogens is 1. The molecule has 1 fully saturated rings. The first-order valence-electron chi connectivity index (χ1n) is 8.12. The summed E-state index contributed by atoms with van der Waals surface area (Å²) in [6, 6.07) is 12.1. The van der Waals surface area contributed by atoms with E-state index in [2.05, 4.69) is 0 Å². The fourth-order valence-corrected chi connectivity index (χ4v) is 3.17. The number of benzene rings is 2. The van der Waals surface area contributed by atoms with E-state index >= 15 is 0 Å².